The number of unbranched alkanes of at least 4 members (excludes halogenated alkanes) is 12. The fourth-order valence-electron chi connectivity index (χ4n) is 2.55. The van der Waals surface area contributed by atoms with E-state index in [0.717, 1.165) is 12.8 Å². The number of ether oxygens (including phenoxy) is 1. The fourth-order valence-corrected chi connectivity index (χ4v) is 2.55. The molecule has 0 bridgehead atoms. The van der Waals surface area contributed by atoms with Gasteiger partial charge in [-0.15, -0.1) is 0 Å². The Bertz CT molecular complexity index is 245. The van der Waals surface area contributed by atoms with E-state index in [0.29, 0.717) is 6.42 Å². The molecule has 0 saturated heterocycles. The van der Waals surface area contributed by atoms with E-state index in [2.05, 4.69) is 13.8 Å². The van der Waals surface area contributed by atoms with Crippen LogP contribution < -0.4 is 0 Å². The molecule has 0 fully saturated rings. The normalized spacial score (nSPS) is 11.8. The predicted molar refractivity (Wildman–Crippen MR) is 99.8 cm³/mol. The van der Waals surface area contributed by atoms with Crippen molar-refractivity contribution in [3.05, 3.63) is 6.92 Å². The third kappa shape index (κ3) is 22.4. The van der Waals surface area contributed by atoms with E-state index in [1.807, 2.05) is 0 Å². The molecule has 0 aromatic rings. The summed E-state index contributed by atoms with van der Waals surface area (Å²) in [6, 6.07) is 0. The first-order valence-electron chi connectivity index (χ1n) is 9.33. The van der Waals surface area contributed by atoms with Crippen molar-refractivity contribution in [2.24, 2.45) is 0 Å². The van der Waals surface area contributed by atoms with Crippen molar-refractivity contribution < 1.29 is 14.6 Å². The molecule has 0 aromatic heterocycles. The van der Waals surface area contributed by atoms with Gasteiger partial charge in [-0.1, -0.05) is 84.0 Å². The van der Waals surface area contributed by atoms with E-state index in [9.17, 15) is 4.79 Å². The topological polar surface area (TPSA) is 46.5 Å². The maximum absolute atomic E-state index is 11.3. The monoisotopic (exact) mass is 337 g/mol. The van der Waals surface area contributed by atoms with Crippen LogP contribution >= 0.6 is 0 Å². The number of esters is 1. The summed E-state index contributed by atoms with van der Waals surface area (Å²) in [4.78, 5) is 11.3. The van der Waals surface area contributed by atoms with Crippen molar-refractivity contribution in [1.82, 2.24) is 0 Å². The van der Waals surface area contributed by atoms with Crippen molar-refractivity contribution in [2.75, 3.05) is 6.61 Å². The van der Waals surface area contributed by atoms with Crippen LogP contribution in [-0.4, -0.2) is 53.3 Å². The minimum absolute atomic E-state index is 0. The van der Waals surface area contributed by atoms with Crippen molar-refractivity contribution >= 4 is 35.5 Å². The Labute approximate surface area is 166 Å². The van der Waals surface area contributed by atoms with Crippen molar-refractivity contribution in [3.63, 3.8) is 0 Å². The Morgan fingerprint density at radius 2 is 1.26 bits per heavy atom. The van der Waals surface area contributed by atoms with Crippen LogP contribution in [0.3, 0.4) is 0 Å². The Kier molecular flexibility index (Phi) is 22.8. The first-order valence-corrected chi connectivity index (χ1v) is 9.33. The molecule has 1 atom stereocenters. The molecule has 1 radical (unpaired) electrons. The molecule has 0 amide bonds. The van der Waals surface area contributed by atoms with Crippen molar-refractivity contribution in [1.29, 1.82) is 0 Å². The second-order valence-corrected chi connectivity index (χ2v) is 6.33. The number of rotatable bonds is 16. The molecule has 0 saturated carbocycles. The Balaban J connectivity index is 0. The molecule has 133 valence electrons. The van der Waals surface area contributed by atoms with E-state index in [1.165, 1.54) is 70.6 Å². The van der Waals surface area contributed by atoms with Gasteiger partial charge in [-0.05, 0) is 13.3 Å². The number of aliphatic hydroxyl groups excluding tert-OH is 1. The molecule has 0 rings (SSSR count). The molecule has 0 aliphatic rings. The number of hydrogen-bond donors (Lipinski definition) is 1. The number of carbonyl (C=O) groups is 1. The summed E-state index contributed by atoms with van der Waals surface area (Å²) in [5, 5.41) is 8.90. The molecule has 4 heteroatoms. The molecule has 3 nitrogen and oxygen atoms in total. The third-order valence-corrected chi connectivity index (χ3v) is 3.92. The van der Waals surface area contributed by atoms with Gasteiger partial charge < -0.3 is 9.84 Å². The standard InChI is InChI=1S/C19H37O3.Na.H/c1-3-4-5-6-7-8-9-10-11-12-13-14-15-16-19(21)22-17-18(2)20;;/h18,20H,2-17H2,1H3;;. The second kappa shape index (κ2) is 20.5. The predicted octanol–water partition coefficient (Wildman–Crippen LogP) is 4.56. The van der Waals surface area contributed by atoms with Gasteiger partial charge >= 0.3 is 35.5 Å². The number of hydrogen-bond acceptors (Lipinski definition) is 3. The molecule has 0 heterocycles. The first kappa shape index (κ1) is 25.7. The summed E-state index contributed by atoms with van der Waals surface area (Å²) in [6.45, 7) is 5.63. The summed E-state index contributed by atoms with van der Waals surface area (Å²) in [5.41, 5.74) is 0. The van der Waals surface area contributed by atoms with Crippen LogP contribution in [0.25, 0.3) is 0 Å². The van der Waals surface area contributed by atoms with Gasteiger partial charge in [0, 0.05) is 6.42 Å². The van der Waals surface area contributed by atoms with Crippen LogP contribution in [0, 0.1) is 6.92 Å². The Morgan fingerprint density at radius 1 is 0.870 bits per heavy atom. The zero-order valence-corrected chi connectivity index (χ0v) is 14.7. The summed E-state index contributed by atoms with van der Waals surface area (Å²) < 4.78 is 4.86. The first-order chi connectivity index (χ1) is 10.7. The molecular formula is C19H38NaO3. The van der Waals surface area contributed by atoms with E-state index < -0.39 is 6.10 Å². The molecule has 1 unspecified atom stereocenters. The third-order valence-electron chi connectivity index (χ3n) is 3.92. The fraction of sp³-hybridized carbons (Fsp3) is 0.895. The molecule has 0 aliphatic heterocycles. The Morgan fingerprint density at radius 3 is 1.65 bits per heavy atom. The molecule has 0 aromatic carbocycles. The van der Waals surface area contributed by atoms with Crippen LogP contribution in [0.1, 0.15) is 96.8 Å². The average Bonchev–Trinajstić information content (AvgIpc) is 2.49. The maximum atomic E-state index is 11.3. The summed E-state index contributed by atoms with van der Waals surface area (Å²) in [6.07, 6.45) is 16.5. The van der Waals surface area contributed by atoms with E-state index in [-0.39, 0.29) is 42.1 Å². The molecule has 23 heavy (non-hydrogen) atoms. The van der Waals surface area contributed by atoms with Crippen LogP contribution in [-0.2, 0) is 9.53 Å². The summed E-state index contributed by atoms with van der Waals surface area (Å²) in [7, 11) is 0. The molecule has 0 spiro atoms. The van der Waals surface area contributed by atoms with Gasteiger partial charge in [-0.25, -0.2) is 0 Å². The van der Waals surface area contributed by atoms with Gasteiger partial charge in [0.2, 0.25) is 0 Å². The van der Waals surface area contributed by atoms with Gasteiger partial charge in [0.1, 0.15) is 6.61 Å². The number of carbonyl (C=O) groups excluding carboxylic acids is 1. The molecule has 1 N–H and O–H groups in total. The zero-order valence-electron chi connectivity index (χ0n) is 14.7. The number of aliphatic hydroxyl groups is 1. The van der Waals surface area contributed by atoms with Crippen LogP contribution in [0.2, 0.25) is 0 Å². The SMILES string of the molecule is [CH2]C(O)COC(=O)CCCCCCCCCCCCCCC.[NaH]. The zero-order chi connectivity index (χ0) is 16.5. The minimum atomic E-state index is -0.810. The van der Waals surface area contributed by atoms with Crippen LogP contribution in [0.4, 0.5) is 0 Å². The van der Waals surface area contributed by atoms with Gasteiger partial charge in [-0.3, -0.25) is 4.79 Å². The van der Waals surface area contributed by atoms with Crippen LogP contribution in [0.15, 0.2) is 0 Å². The van der Waals surface area contributed by atoms with Crippen molar-refractivity contribution in [3.8, 4) is 0 Å². The quantitative estimate of drug-likeness (QED) is 0.255. The van der Waals surface area contributed by atoms with Crippen LogP contribution in [0.5, 0.6) is 0 Å². The second-order valence-electron chi connectivity index (χ2n) is 6.33. The average molecular weight is 338 g/mol. The Hall–Kier alpha value is 0.430. The van der Waals surface area contributed by atoms with Gasteiger partial charge in [0.15, 0.2) is 0 Å². The van der Waals surface area contributed by atoms with E-state index in [4.69, 9.17) is 9.84 Å². The molecular weight excluding hydrogens is 299 g/mol. The molecule has 0 aliphatic carbocycles. The summed E-state index contributed by atoms with van der Waals surface area (Å²) in [5.74, 6) is -0.217. The van der Waals surface area contributed by atoms with Crippen molar-refractivity contribution in [2.45, 2.75) is 103 Å². The van der Waals surface area contributed by atoms with Gasteiger partial charge in [-0.2, -0.15) is 0 Å². The van der Waals surface area contributed by atoms with E-state index >= 15 is 0 Å². The van der Waals surface area contributed by atoms with Gasteiger partial charge in [0.25, 0.3) is 0 Å². The van der Waals surface area contributed by atoms with E-state index in [1.54, 1.807) is 0 Å². The van der Waals surface area contributed by atoms with Gasteiger partial charge in [0.05, 0.1) is 6.10 Å². The summed E-state index contributed by atoms with van der Waals surface area (Å²) >= 11 is 0.